The molecule has 2 atom stereocenters. The molecule has 1 rings (SSSR count). The Balaban J connectivity index is 2.49. The van der Waals surface area contributed by atoms with E-state index in [0.717, 1.165) is 25.9 Å². The summed E-state index contributed by atoms with van der Waals surface area (Å²) in [5, 5.41) is 12.2. The van der Waals surface area contributed by atoms with Crippen molar-refractivity contribution in [1.82, 2.24) is 5.32 Å². The largest absolute Gasteiger partial charge is 0.481 e. The van der Waals surface area contributed by atoms with Gasteiger partial charge in [-0.2, -0.15) is 0 Å². The van der Waals surface area contributed by atoms with E-state index in [-0.39, 0.29) is 0 Å². The Kier molecular flexibility index (Phi) is 4.94. The quantitative estimate of drug-likeness (QED) is 0.726. The molecular weight excluding hydrogens is 178 g/mol. The van der Waals surface area contributed by atoms with E-state index >= 15 is 0 Å². The highest BCUT2D eigenvalue weighted by Crippen LogP contribution is 2.28. The number of carboxylic acids is 1. The van der Waals surface area contributed by atoms with Crippen LogP contribution in [0.15, 0.2) is 0 Å². The Labute approximate surface area is 85.9 Å². The summed E-state index contributed by atoms with van der Waals surface area (Å²) in [4.78, 5) is 10.7. The molecule has 1 aliphatic rings. The molecule has 1 fully saturated rings. The lowest BCUT2D eigenvalue weighted by molar-refractivity contribution is -0.138. The molecule has 0 bridgehead atoms. The minimum atomic E-state index is -0.641. The maximum Gasteiger partial charge on any atom is 0.303 e. The van der Waals surface area contributed by atoms with Crippen molar-refractivity contribution < 1.29 is 9.90 Å². The maximum atomic E-state index is 10.7. The van der Waals surface area contributed by atoms with Crippen molar-refractivity contribution in [3.8, 4) is 0 Å². The van der Waals surface area contributed by atoms with Crippen molar-refractivity contribution in [3.63, 3.8) is 0 Å². The third kappa shape index (κ3) is 3.66. The Morgan fingerprint density at radius 2 is 2.00 bits per heavy atom. The molecule has 1 saturated heterocycles. The fraction of sp³-hybridized carbons (Fsp3) is 0.909. The van der Waals surface area contributed by atoms with Crippen molar-refractivity contribution in [3.05, 3.63) is 0 Å². The summed E-state index contributed by atoms with van der Waals surface area (Å²) in [5.41, 5.74) is 0. The summed E-state index contributed by atoms with van der Waals surface area (Å²) >= 11 is 0. The number of carboxylic acid groups (broad SMARTS) is 1. The molecule has 0 aromatic heterocycles. The molecule has 0 aromatic carbocycles. The molecule has 1 aliphatic heterocycles. The van der Waals surface area contributed by atoms with Crippen LogP contribution in [0.1, 0.15) is 39.0 Å². The second-order valence-corrected chi connectivity index (χ2v) is 4.23. The van der Waals surface area contributed by atoms with Crippen LogP contribution >= 0.6 is 0 Å². The second kappa shape index (κ2) is 6.02. The lowest BCUT2D eigenvalue weighted by atomic mass is 9.82. The van der Waals surface area contributed by atoms with Crippen molar-refractivity contribution >= 4 is 5.97 Å². The average molecular weight is 199 g/mol. The summed E-state index contributed by atoms with van der Waals surface area (Å²) in [6.07, 6.45) is 4.87. The van der Waals surface area contributed by atoms with Crippen LogP contribution in [0, 0.1) is 11.8 Å². The SMILES string of the molecule is CCCC1CCNCCC1CC(=O)O. The third-order valence-corrected chi connectivity index (χ3v) is 3.15. The van der Waals surface area contributed by atoms with Gasteiger partial charge in [-0.05, 0) is 37.8 Å². The molecule has 0 amide bonds. The van der Waals surface area contributed by atoms with E-state index in [9.17, 15) is 4.79 Å². The van der Waals surface area contributed by atoms with E-state index in [1.165, 1.54) is 12.8 Å². The Morgan fingerprint density at radius 3 is 2.57 bits per heavy atom. The Hall–Kier alpha value is -0.570. The lowest BCUT2D eigenvalue weighted by Gasteiger charge is -2.22. The first kappa shape index (κ1) is 11.5. The minimum Gasteiger partial charge on any atom is -0.481 e. The van der Waals surface area contributed by atoms with Gasteiger partial charge in [0.1, 0.15) is 0 Å². The zero-order valence-corrected chi connectivity index (χ0v) is 8.96. The van der Waals surface area contributed by atoms with Crippen molar-refractivity contribution in [2.24, 2.45) is 11.8 Å². The number of hydrogen-bond acceptors (Lipinski definition) is 2. The standard InChI is InChI=1S/C11H21NO2/c1-2-3-9-4-6-12-7-5-10(9)8-11(13)14/h9-10,12H,2-8H2,1H3,(H,13,14). The first-order valence-electron chi connectivity index (χ1n) is 5.66. The number of rotatable bonds is 4. The zero-order valence-electron chi connectivity index (χ0n) is 8.96. The Morgan fingerprint density at radius 1 is 1.36 bits per heavy atom. The van der Waals surface area contributed by atoms with Crippen molar-refractivity contribution in [1.29, 1.82) is 0 Å². The lowest BCUT2D eigenvalue weighted by Crippen LogP contribution is -2.18. The molecule has 0 aromatic rings. The third-order valence-electron chi connectivity index (χ3n) is 3.15. The molecule has 0 aliphatic carbocycles. The molecule has 14 heavy (non-hydrogen) atoms. The second-order valence-electron chi connectivity index (χ2n) is 4.23. The van der Waals surface area contributed by atoms with Gasteiger partial charge in [0.15, 0.2) is 0 Å². The number of nitrogens with one attached hydrogen (secondary N) is 1. The molecular formula is C11H21NO2. The summed E-state index contributed by atoms with van der Waals surface area (Å²) in [7, 11) is 0. The van der Waals surface area contributed by atoms with Gasteiger partial charge in [0.2, 0.25) is 0 Å². The number of carbonyl (C=O) groups is 1. The van der Waals surface area contributed by atoms with Crippen LogP contribution in [-0.2, 0) is 4.79 Å². The van der Waals surface area contributed by atoms with Gasteiger partial charge in [0, 0.05) is 6.42 Å². The van der Waals surface area contributed by atoms with E-state index in [2.05, 4.69) is 12.2 Å². The molecule has 0 spiro atoms. The van der Waals surface area contributed by atoms with Gasteiger partial charge in [0.05, 0.1) is 0 Å². The summed E-state index contributed by atoms with van der Waals surface area (Å²) < 4.78 is 0. The summed E-state index contributed by atoms with van der Waals surface area (Å²) in [6, 6.07) is 0. The van der Waals surface area contributed by atoms with Gasteiger partial charge in [-0.25, -0.2) is 0 Å². The maximum absolute atomic E-state index is 10.7. The molecule has 0 saturated carbocycles. The first-order chi connectivity index (χ1) is 6.74. The van der Waals surface area contributed by atoms with E-state index in [1.54, 1.807) is 0 Å². The van der Waals surface area contributed by atoms with Gasteiger partial charge in [-0.15, -0.1) is 0 Å². The van der Waals surface area contributed by atoms with Gasteiger partial charge in [-0.1, -0.05) is 19.8 Å². The molecule has 2 N–H and O–H groups in total. The summed E-state index contributed by atoms with van der Waals surface area (Å²) in [5.74, 6) is 0.367. The normalized spacial score (nSPS) is 28.4. The summed E-state index contributed by atoms with van der Waals surface area (Å²) in [6.45, 7) is 4.22. The fourth-order valence-electron chi connectivity index (χ4n) is 2.42. The molecule has 0 radical (unpaired) electrons. The molecule has 82 valence electrons. The van der Waals surface area contributed by atoms with Crippen LogP contribution < -0.4 is 5.32 Å². The van der Waals surface area contributed by atoms with Crippen LogP contribution in [-0.4, -0.2) is 24.2 Å². The monoisotopic (exact) mass is 199 g/mol. The molecule has 3 heteroatoms. The van der Waals surface area contributed by atoms with Gasteiger partial charge < -0.3 is 10.4 Å². The van der Waals surface area contributed by atoms with Gasteiger partial charge in [0.25, 0.3) is 0 Å². The van der Waals surface area contributed by atoms with Crippen molar-refractivity contribution in [2.45, 2.75) is 39.0 Å². The Bertz CT molecular complexity index is 182. The smallest absolute Gasteiger partial charge is 0.303 e. The highest BCUT2D eigenvalue weighted by Gasteiger charge is 2.24. The molecule has 1 heterocycles. The van der Waals surface area contributed by atoms with Crippen LogP contribution in [0.25, 0.3) is 0 Å². The molecule has 3 nitrogen and oxygen atoms in total. The zero-order chi connectivity index (χ0) is 10.4. The van der Waals surface area contributed by atoms with Gasteiger partial charge in [-0.3, -0.25) is 4.79 Å². The topological polar surface area (TPSA) is 49.3 Å². The van der Waals surface area contributed by atoms with Crippen LogP contribution in [0.2, 0.25) is 0 Å². The highest BCUT2D eigenvalue weighted by molar-refractivity contribution is 5.67. The fourth-order valence-corrected chi connectivity index (χ4v) is 2.42. The van der Waals surface area contributed by atoms with Crippen LogP contribution in [0.3, 0.4) is 0 Å². The molecule has 2 unspecified atom stereocenters. The van der Waals surface area contributed by atoms with Gasteiger partial charge >= 0.3 is 5.97 Å². The minimum absolute atomic E-state index is 0.354. The van der Waals surface area contributed by atoms with Crippen LogP contribution in [0.4, 0.5) is 0 Å². The van der Waals surface area contributed by atoms with Crippen molar-refractivity contribution in [2.75, 3.05) is 13.1 Å². The van der Waals surface area contributed by atoms with E-state index < -0.39 is 5.97 Å². The average Bonchev–Trinajstić information content (AvgIpc) is 2.32. The number of hydrogen-bond donors (Lipinski definition) is 2. The predicted octanol–water partition coefficient (Wildman–Crippen LogP) is 1.88. The van der Waals surface area contributed by atoms with E-state index in [0.29, 0.717) is 18.3 Å². The first-order valence-corrected chi connectivity index (χ1v) is 5.66. The van der Waals surface area contributed by atoms with Crippen LogP contribution in [0.5, 0.6) is 0 Å². The van der Waals surface area contributed by atoms with E-state index in [4.69, 9.17) is 5.11 Å². The predicted molar refractivity (Wildman–Crippen MR) is 56.2 cm³/mol. The van der Waals surface area contributed by atoms with E-state index in [1.807, 2.05) is 0 Å². The number of aliphatic carboxylic acids is 1. The highest BCUT2D eigenvalue weighted by atomic mass is 16.4.